The molecule has 2 fully saturated rings. The summed E-state index contributed by atoms with van der Waals surface area (Å²) < 4.78 is 0. The van der Waals surface area contributed by atoms with Crippen molar-refractivity contribution < 1.29 is 4.79 Å². The molecule has 6 heteroatoms. The van der Waals surface area contributed by atoms with E-state index < -0.39 is 0 Å². The Morgan fingerprint density at radius 3 is 2.54 bits per heavy atom. The van der Waals surface area contributed by atoms with Gasteiger partial charge < -0.3 is 9.80 Å². The van der Waals surface area contributed by atoms with E-state index in [1.54, 1.807) is 0 Å². The van der Waals surface area contributed by atoms with E-state index >= 15 is 0 Å². The number of fused-ring (bicyclic) bond motifs is 1. The Bertz CT molecular complexity index is 680. The van der Waals surface area contributed by atoms with Gasteiger partial charge in [-0.15, -0.1) is 0 Å². The van der Waals surface area contributed by atoms with Gasteiger partial charge >= 0.3 is 0 Å². The van der Waals surface area contributed by atoms with Gasteiger partial charge in [0.2, 0.25) is 11.9 Å². The van der Waals surface area contributed by atoms with Crippen molar-refractivity contribution >= 4 is 11.9 Å². The minimum atomic E-state index is 0.293. The average molecular weight is 386 g/mol. The normalized spacial score (nSPS) is 21.4. The molecule has 0 N–H and O–H groups in total. The van der Waals surface area contributed by atoms with Crippen molar-refractivity contribution in [1.82, 2.24) is 19.8 Å². The summed E-state index contributed by atoms with van der Waals surface area (Å²) >= 11 is 0. The van der Waals surface area contributed by atoms with Crippen molar-refractivity contribution in [2.24, 2.45) is 5.92 Å². The first-order chi connectivity index (χ1) is 13.6. The van der Waals surface area contributed by atoms with Crippen LogP contribution in [0.4, 0.5) is 5.95 Å². The van der Waals surface area contributed by atoms with E-state index in [1.807, 2.05) is 11.1 Å². The predicted molar refractivity (Wildman–Crippen MR) is 112 cm³/mol. The van der Waals surface area contributed by atoms with Crippen LogP contribution in [0, 0.1) is 5.92 Å². The quantitative estimate of drug-likeness (QED) is 0.780. The number of carbonyl (C=O) groups is 1. The molecule has 0 unspecified atom stereocenters. The fourth-order valence-electron chi connectivity index (χ4n) is 4.48. The maximum absolute atomic E-state index is 12.5. The van der Waals surface area contributed by atoms with E-state index in [2.05, 4.69) is 28.6 Å². The second-order valence-corrected chi connectivity index (χ2v) is 9.06. The molecule has 1 saturated carbocycles. The highest BCUT2D eigenvalue weighted by Crippen LogP contribution is 2.26. The number of piperazine rings is 1. The highest BCUT2D eigenvalue weighted by Gasteiger charge is 2.29. The number of hydrogen-bond donors (Lipinski definition) is 0. The van der Waals surface area contributed by atoms with Crippen LogP contribution < -0.4 is 4.90 Å². The van der Waals surface area contributed by atoms with Gasteiger partial charge in [0.15, 0.2) is 0 Å². The zero-order chi connectivity index (χ0) is 19.5. The third kappa shape index (κ3) is 4.48. The third-order valence-corrected chi connectivity index (χ3v) is 6.69. The molecule has 0 bridgehead atoms. The molecule has 6 nitrogen and oxygen atoms in total. The van der Waals surface area contributed by atoms with Gasteiger partial charge in [-0.05, 0) is 37.2 Å². The van der Waals surface area contributed by atoms with Crippen LogP contribution in [-0.4, -0.2) is 71.0 Å². The molecule has 28 heavy (non-hydrogen) atoms. The molecule has 2 aliphatic heterocycles. The van der Waals surface area contributed by atoms with Crippen molar-refractivity contribution in [3.63, 3.8) is 0 Å². The largest absolute Gasteiger partial charge is 0.342 e. The van der Waals surface area contributed by atoms with Crippen LogP contribution in [0.15, 0.2) is 6.20 Å². The van der Waals surface area contributed by atoms with E-state index in [0.29, 0.717) is 18.2 Å². The smallest absolute Gasteiger partial charge is 0.225 e. The number of nitrogens with zero attached hydrogens (tertiary/aromatic N) is 5. The molecule has 154 valence electrons. The molecular weight excluding hydrogens is 350 g/mol. The second-order valence-electron chi connectivity index (χ2n) is 9.06. The molecule has 3 aliphatic rings. The topological polar surface area (TPSA) is 52.6 Å². The van der Waals surface area contributed by atoms with Gasteiger partial charge in [0.25, 0.3) is 0 Å². The molecule has 3 heterocycles. The number of hydrogen-bond acceptors (Lipinski definition) is 5. The molecule has 1 amide bonds. The summed E-state index contributed by atoms with van der Waals surface area (Å²) in [6.07, 6.45) is 9.52. The zero-order valence-electron chi connectivity index (χ0n) is 17.6. The molecule has 0 atom stereocenters. The standard InChI is InChI=1S/C22H35N5O/c1-17(2)6-7-21(28)26-10-8-18-16-23-22(24-20(18)9-11-26)27-14-12-25(13-15-27)19-4-3-5-19/h16-17,19H,3-15H2,1-2H3. The van der Waals surface area contributed by atoms with E-state index in [0.717, 1.165) is 76.2 Å². The SMILES string of the molecule is CC(C)CCC(=O)N1CCc2cnc(N3CCN(C4CCC4)CC3)nc2CC1. The van der Waals surface area contributed by atoms with Crippen LogP contribution in [0.5, 0.6) is 0 Å². The van der Waals surface area contributed by atoms with Crippen molar-refractivity contribution in [3.8, 4) is 0 Å². The summed E-state index contributed by atoms with van der Waals surface area (Å²) in [5, 5.41) is 0. The lowest BCUT2D eigenvalue weighted by Gasteiger charge is -2.43. The zero-order valence-corrected chi connectivity index (χ0v) is 17.6. The van der Waals surface area contributed by atoms with Crippen LogP contribution in [0.1, 0.15) is 57.2 Å². The monoisotopic (exact) mass is 385 g/mol. The summed E-state index contributed by atoms with van der Waals surface area (Å²) in [6.45, 7) is 10.2. The van der Waals surface area contributed by atoms with Crippen LogP contribution in [0.25, 0.3) is 0 Å². The first-order valence-electron chi connectivity index (χ1n) is 11.2. The van der Waals surface area contributed by atoms with Gasteiger partial charge in [-0.3, -0.25) is 9.69 Å². The number of carbonyl (C=O) groups excluding carboxylic acids is 1. The van der Waals surface area contributed by atoms with Gasteiger partial charge in [-0.2, -0.15) is 0 Å². The Labute approximate surface area is 169 Å². The maximum atomic E-state index is 12.5. The Balaban J connectivity index is 1.34. The van der Waals surface area contributed by atoms with Crippen molar-refractivity contribution in [3.05, 3.63) is 17.5 Å². The first kappa shape index (κ1) is 19.6. The third-order valence-electron chi connectivity index (χ3n) is 6.69. The van der Waals surface area contributed by atoms with Crippen molar-refractivity contribution in [2.75, 3.05) is 44.2 Å². The van der Waals surface area contributed by atoms with Gasteiger partial charge in [-0.25, -0.2) is 9.97 Å². The average Bonchev–Trinajstić information content (AvgIpc) is 2.87. The number of amides is 1. The lowest BCUT2D eigenvalue weighted by atomic mass is 9.91. The summed E-state index contributed by atoms with van der Waals surface area (Å²) in [5.41, 5.74) is 2.36. The Morgan fingerprint density at radius 2 is 1.86 bits per heavy atom. The van der Waals surface area contributed by atoms with Crippen LogP contribution >= 0.6 is 0 Å². The Kier molecular flexibility index (Phi) is 6.14. The van der Waals surface area contributed by atoms with Crippen LogP contribution in [-0.2, 0) is 17.6 Å². The molecule has 1 aromatic rings. The molecule has 0 spiro atoms. The van der Waals surface area contributed by atoms with E-state index in [9.17, 15) is 4.79 Å². The molecule has 1 aromatic heterocycles. The molecule has 0 radical (unpaired) electrons. The lowest BCUT2D eigenvalue weighted by molar-refractivity contribution is -0.131. The second kappa shape index (κ2) is 8.76. The minimum absolute atomic E-state index is 0.293. The molecule has 4 rings (SSSR count). The molecule has 0 aromatic carbocycles. The minimum Gasteiger partial charge on any atom is -0.342 e. The summed E-state index contributed by atoms with van der Waals surface area (Å²) in [4.78, 5) is 29.1. The van der Waals surface area contributed by atoms with E-state index in [4.69, 9.17) is 4.98 Å². The summed E-state index contributed by atoms with van der Waals surface area (Å²) in [5.74, 6) is 1.75. The highest BCUT2D eigenvalue weighted by atomic mass is 16.2. The predicted octanol–water partition coefficient (Wildman–Crippen LogP) is 2.51. The first-order valence-corrected chi connectivity index (χ1v) is 11.2. The Hall–Kier alpha value is -1.69. The van der Waals surface area contributed by atoms with Crippen LogP contribution in [0.3, 0.4) is 0 Å². The number of anilines is 1. The highest BCUT2D eigenvalue weighted by molar-refractivity contribution is 5.76. The fraction of sp³-hybridized carbons (Fsp3) is 0.773. The molecule has 1 aliphatic carbocycles. The van der Waals surface area contributed by atoms with Gasteiger partial charge in [0, 0.05) is 64.3 Å². The van der Waals surface area contributed by atoms with Crippen molar-refractivity contribution in [2.45, 2.75) is 64.8 Å². The molecular formula is C22H35N5O. The van der Waals surface area contributed by atoms with E-state index in [-0.39, 0.29) is 0 Å². The Morgan fingerprint density at radius 1 is 1.11 bits per heavy atom. The van der Waals surface area contributed by atoms with Gasteiger partial charge in [0.05, 0.1) is 5.69 Å². The summed E-state index contributed by atoms with van der Waals surface area (Å²) in [7, 11) is 0. The fourth-order valence-corrected chi connectivity index (χ4v) is 4.48. The molecule has 1 saturated heterocycles. The van der Waals surface area contributed by atoms with Gasteiger partial charge in [0.1, 0.15) is 0 Å². The van der Waals surface area contributed by atoms with Gasteiger partial charge in [-0.1, -0.05) is 20.3 Å². The summed E-state index contributed by atoms with van der Waals surface area (Å²) in [6, 6.07) is 0.828. The maximum Gasteiger partial charge on any atom is 0.225 e. The number of rotatable bonds is 5. The van der Waals surface area contributed by atoms with E-state index in [1.165, 1.54) is 24.8 Å². The number of aromatic nitrogens is 2. The van der Waals surface area contributed by atoms with Crippen LogP contribution in [0.2, 0.25) is 0 Å². The van der Waals surface area contributed by atoms with Crippen molar-refractivity contribution in [1.29, 1.82) is 0 Å². The lowest BCUT2D eigenvalue weighted by Crippen LogP contribution is -2.52.